The van der Waals surface area contributed by atoms with Crippen LogP contribution in [0.4, 0.5) is 5.95 Å². The highest BCUT2D eigenvalue weighted by Crippen LogP contribution is 2.24. The summed E-state index contributed by atoms with van der Waals surface area (Å²) in [5.74, 6) is -0.668. The summed E-state index contributed by atoms with van der Waals surface area (Å²) in [5.41, 5.74) is -2.20. The molecule has 3 aromatic rings. The number of aromatic nitrogens is 7. The summed E-state index contributed by atoms with van der Waals surface area (Å²) in [5, 5.41) is 16.9. The molecule has 0 fully saturated rings. The molecule has 1 amide bonds. The number of amides is 1. The van der Waals surface area contributed by atoms with Crippen molar-refractivity contribution in [3.05, 3.63) is 49.8 Å². The van der Waals surface area contributed by atoms with Crippen molar-refractivity contribution in [3.8, 4) is 11.4 Å². The fourth-order valence-corrected chi connectivity index (χ4v) is 2.43. The number of carbonyl (C=O) groups is 1. The molecule has 0 saturated heterocycles. The van der Waals surface area contributed by atoms with Crippen LogP contribution < -0.4 is 21.3 Å². The van der Waals surface area contributed by atoms with E-state index in [-0.39, 0.29) is 22.4 Å². The zero-order chi connectivity index (χ0) is 19.7. The molecule has 2 aromatic heterocycles. The average molecular weight is 393 g/mol. The van der Waals surface area contributed by atoms with Crippen molar-refractivity contribution >= 4 is 23.5 Å². The molecule has 0 aliphatic carbocycles. The summed E-state index contributed by atoms with van der Waals surface area (Å²) in [4.78, 5) is 37.8. The van der Waals surface area contributed by atoms with Gasteiger partial charge in [0.1, 0.15) is 5.75 Å². The van der Waals surface area contributed by atoms with Crippen LogP contribution in [0.3, 0.4) is 0 Å². The van der Waals surface area contributed by atoms with E-state index in [1.54, 1.807) is 0 Å². The predicted octanol–water partition coefficient (Wildman–Crippen LogP) is -0.631. The minimum Gasteiger partial charge on any atom is -0.495 e. The summed E-state index contributed by atoms with van der Waals surface area (Å²) < 4.78 is 7.99. The molecular weight excluding hydrogens is 380 g/mol. The Morgan fingerprint density at radius 2 is 1.96 bits per heavy atom. The number of tetrazole rings is 1. The number of aryl methyl sites for hydroxylation is 2. The quantitative estimate of drug-likeness (QED) is 0.619. The van der Waals surface area contributed by atoms with Crippen molar-refractivity contribution < 1.29 is 9.53 Å². The van der Waals surface area contributed by atoms with E-state index in [4.69, 9.17) is 16.3 Å². The highest BCUT2D eigenvalue weighted by molar-refractivity contribution is 6.30. The Hall–Kier alpha value is -3.54. The molecule has 0 aliphatic rings. The lowest BCUT2D eigenvalue weighted by Gasteiger charge is -2.12. The van der Waals surface area contributed by atoms with Crippen LogP contribution in [0.25, 0.3) is 5.69 Å². The third-order valence-corrected chi connectivity index (χ3v) is 3.80. The van der Waals surface area contributed by atoms with Gasteiger partial charge in [-0.3, -0.25) is 14.9 Å². The fraction of sp³-hybridized carbons (Fsp3) is 0.214. The maximum absolute atomic E-state index is 12.8. The van der Waals surface area contributed by atoms with E-state index in [0.717, 1.165) is 9.25 Å². The Balaban J connectivity index is 2.19. The molecule has 2 heterocycles. The van der Waals surface area contributed by atoms with E-state index in [0.29, 0.717) is 0 Å². The lowest BCUT2D eigenvalue weighted by Crippen LogP contribution is -2.43. The molecule has 0 saturated carbocycles. The number of nitrogens with zero attached hydrogens (tertiary/aromatic N) is 7. The van der Waals surface area contributed by atoms with Crippen LogP contribution in [0, 0.1) is 0 Å². The van der Waals surface area contributed by atoms with Crippen molar-refractivity contribution in [3.63, 3.8) is 0 Å². The van der Waals surface area contributed by atoms with Crippen LogP contribution in [0.5, 0.6) is 5.75 Å². The van der Waals surface area contributed by atoms with Crippen LogP contribution in [0.1, 0.15) is 10.5 Å². The second-order valence-electron chi connectivity index (χ2n) is 5.29. The highest BCUT2D eigenvalue weighted by atomic mass is 35.5. The third-order valence-electron chi connectivity index (χ3n) is 3.57. The van der Waals surface area contributed by atoms with Gasteiger partial charge in [-0.2, -0.15) is 5.10 Å². The molecule has 0 unspecified atom stereocenters. The molecule has 0 spiro atoms. The average Bonchev–Trinajstić information content (AvgIpc) is 3.03. The lowest BCUT2D eigenvalue weighted by molar-refractivity contribution is 0.101. The predicted molar refractivity (Wildman–Crippen MR) is 93.4 cm³/mol. The number of hydrogen-bond acceptors (Lipinski definition) is 8. The molecule has 13 heteroatoms. The molecule has 0 bridgehead atoms. The van der Waals surface area contributed by atoms with E-state index in [2.05, 4.69) is 25.9 Å². The molecule has 0 radical (unpaired) electrons. The zero-order valence-electron chi connectivity index (χ0n) is 14.4. The smallest absolute Gasteiger partial charge is 0.351 e. The van der Waals surface area contributed by atoms with E-state index >= 15 is 0 Å². The molecule has 3 rings (SSSR count). The molecule has 1 aromatic carbocycles. The van der Waals surface area contributed by atoms with Crippen LogP contribution in [-0.2, 0) is 14.1 Å². The van der Waals surface area contributed by atoms with Crippen LogP contribution in [-0.4, -0.2) is 47.6 Å². The summed E-state index contributed by atoms with van der Waals surface area (Å²) >= 11 is 5.98. The summed E-state index contributed by atoms with van der Waals surface area (Å²) in [7, 11) is 4.17. The first-order chi connectivity index (χ1) is 12.8. The van der Waals surface area contributed by atoms with Crippen molar-refractivity contribution in [2.45, 2.75) is 0 Å². The van der Waals surface area contributed by atoms with Gasteiger partial charge in [0.25, 0.3) is 11.5 Å². The number of rotatable bonds is 4. The molecule has 140 valence electrons. The van der Waals surface area contributed by atoms with E-state index in [1.165, 1.54) is 44.1 Å². The van der Waals surface area contributed by atoms with Crippen LogP contribution >= 0.6 is 11.6 Å². The third kappa shape index (κ3) is 3.29. The van der Waals surface area contributed by atoms with Gasteiger partial charge in [-0.25, -0.2) is 18.7 Å². The van der Waals surface area contributed by atoms with Crippen LogP contribution in [0.2, 0.25) is 5.02 Å². The SMILES string of the molecule is COc1ccc(Cl)cc1-n1c(=O)c(C(=O)Nc2nnnn2C)nn(C)c1=O. The van der Waals surface area contributed by atoms with Crippen LogP contribution in [0.15, 0.2) is 27.8 Å². The molecular formula is C14H13ClN8O4. The summed E-state index contributed by atoms with van der Waals surface area (Å²) in [6.07, 6.45) is 0. The van der Waals surface area contributed by atoms with Gasteiger partial charge in [-0.1, -0.05) is 16.7 Å². The Labute approximate surface area is 155 Å². The first-order valence-corrected chi connectivity index (χ1v) is 7.79. The van der Waals surface area contributed by atoms with Crippen molar-refractivity contribution in [2.75, 3.05) is 12.4 Å². The second-order valence-corrected chi connectivity index (χ2v) is 5.73. The lowest BCUT2D eigenvalue weighted by atomic mass is 10.3. The first kappa shape index (κ1) is 18.3. The number of hydrogen-bond donors (Lipinski definition) is 1. The van der Waals surface area contributed by atoms with E-state index in [1.807, 2.05) is 0 Å². The Morgan fingerprint density at radius 1 is 1.22 bits per heavy atom. The minimum atomic E-state index is -0.953. The number of anilines is 1. The maximum atomic E-state index is 12.8. The largest absolute Gasteiger partial charge is 0.495 e. The number of methoxy groups -OCH3 is 1. The summed E-state index contributed by atoms with van der Waals surface area (Å²) in [6.45, 7) is 0. The van der Waals surface area contributed by atoms with E-state index < -0.39 is 22.9 Å². The Kier molecular flexibility index (Phi) is 4.73. The van der Waals surface area contributed by atoms with Gasteiger partial charge in [0, 0.05) is 19.1 Å². The topological polar surface area (TPSA) is 139 Å². The molecule has 27 heavy (non-hydrogen) atoms. The van der Waals surface area contributed by atoms with Crippen molar-refractivity contribution in [2.24, 2.45) is 14.1 Å². The number of benzene rings is 1. The van der Waals surface area contributed by atoms with Gasteiger partial charge in [0.15, 0.2) is 0 Å². The Morgan fingerprint density at radius 3 is 2.59 bits per heavy atom. The standard InChI is InChI=1S/C14H13ClN8O4/c1-21-13(17-19-20-21)16-11(24)10-12(25)23(14(26)22(2)18-10)8-6-7(15)4-5-9(8)27-3/h4-6H,1-3H3,(H,16,17,20,24). The Bertz CT molecular complexity index is 1150. The number of carbonyl (C=O) groups excluding carboxylic acids is 1. The highest BCUT2D eigenvalue weighted by Gasteiger charge is 2.22. The number of halogens is 1. The monoisotopic (exact) mass is 392 g/mol. The molecule has 12 nitrogen and oxygen atoms in total. The molecule has 0 atom stereocenters. The van der Waals surface area contributed by atoms with Gasteiger partial charge in [0.2, 0.25) is 11.6 Å². The fourth-order valence-electron chi connectivity index (χ4n) is 2.26. The second kappa shape index (κ2) is 6.99. The van der Waals surface area contributed by atoms with Crippen molar-refractivity contribution in [1.82, 2.24) is 34.6 Å². The minimum absolute atomic E-state index is 0.00180. The van der Waals surface area contributed by atoms with Gasteiger partial charge in [-0.15, -0.1) is 0 Å². The molecule has 0 aliphatic heterocycles. The normalized spacial score (nSPS) is 10.7. The zero-order valence-corrected chi connectivity index (χ0v) is 15.1. The first-order valence-electron chi connectivity index (χ1n) is 7.41. The maximum Gasteiger partial charge on any atom is 0.351 e. The van der Waals surface area contributed by atoms with Gasteiger partial charge >= 0.3 is 5.69 Å². The number of ether oxygens (including phenoxy) is 1. The number of nitrogens with one attached hydrogen (secondary N) is 1. The van der Waals surface area contributed by atoms with Crippen molar-refractivity contribution in [1.29, 1.82) is 0 Å². The van der Waals surface area contributed by atoms with Gasteiger partial charge in [-0.05, 0) is 28.6 Å². The summed E-state index contributed by atoms with van der Waals surface area (Å²) in [6, 6.07) is 4.40. The van der Waals surface area contributed by atoms with Gasteiger partial charge in [0.05, 0.1) is 12.8 Å². The van der Waals surface area contributed by atoms with Gasteiger partial charge < -0.3 is 4.74 Å². The van der Waals surface area contributed by atoms with E-state index in [9.17, 15) is 14.4 Å². The molecule has 1 N–H and O–H groups in total.